The summed E-state index contributed by atoms with van der Waals surface area (Å²) in [7, 11) is 0. The van der Waals surface area contributed by atoms with E-state index in [1.54, 1.807) is 6.07 Å². The van der Waals surface area contributed by atoms with Gasteiger partial charge in [0.2, 0.25) is 0 Å². The second kappa shape index (κ2) is 6.03. The Balaban J connectivity index is 1.42. The fourth-order valence-corrected chi connectivity index (χ4v) is 3.60. The molecule has 4 nitrogen and oxygen atoms in total. The summed E-state index contributed by atoms with van der Waals surface area (Å²) in [5.74, 6) is -3.25. The molecule has 0 radical (unpaired) electrons. The van der Waals surface area contributed by atoms with E-state index in [-0.39, 0.29) is 5.82 Å². The summed E-state index contributed by atoms with van der Waals surface area (Å²) in [6.45, 7) is 0.730. The molecule has 1 aliphatic rings. The smallest absolute Gasteiger partial charge is 0.344 e. The van der Waals surface area contributed by atoms with E-state index in [4.69, 9.17) is 4.74 Å². The molecule has 0 unspecified atom stereocenters. The quantitative estimate of drug-likeness (QED) is 0.664. The fraction of sp³-hybridized carbons (Fsp3) is 0.176. The number of fused-ring (bicyclic) bond motifs is 1. The minimum atomic E-state index is -1.02. The van der Waals surface area contributed by atoms with Gasteiger partial charge in [-0.1, -0.05) is 17.4 Å². The highest BCUT2D eigenvalue weighted by molar-refractivity contribution is 7.22. The second-order valence-electron chi connectivity index (χ2n) is 5.64. The van der Waals surface area contributed by atoms with Crippen molar-refractivity contribution in [3.8, 4) is 0 Å². The topological polar surface area (TPSA) is 42.4 Å². The lowest BCUT2D eigenvalue weighted by atomic mass is 10.1. The first-order valence-electron chi connectivity index (χ1n) is 7.47. The predicted molar refractivity (Wildman–Crippen MR) is 87.4 cm³/mol. The molecule has 128 valence electrons. The van der Waals surface area contributed by atoms with Crippen LogP contribution in [0.5, 0.6) is 0 Å². The van der Waals surface area contributed by atoms with Gasteiger partial charge in [0.15, 0.2) is 5.13 Å². The lowest BCUT2D eigenvalue weighted by Crippen LogP contribution is -2.53. The molecule has 8 heteroatoms. The van der Waals surface area contributed by atoms with E-state index in [0.717, 1.165) is 16.8 Å². The fourth-order valence-electron chi connectivity index (χ4n) is 2.59. The second-order valence-corrected chi connectivity index (χ2v) is 6.65. The van der Waals surface area contributed by atoms with Crippen molar-refractivity contribution in [1.82, 2.24) is 4.98 Å². The number of halogens is 3. The molecule has 4 rings (SSSR count). The number of rotatable bonds is 3. The Bertz CT molecular complexity index is 949. The number of anilines is 1. The first-order valence-corrected chi connectivity index (χ1v) is 8.29. The van der Waals surface area contributed by atoms with Gasteiger partial charge in [0.05, 0.1) is 23.3 Å². The van der Waals surface area contributed by atoms with Crippen LogP contribution >= 0.6 is 11.3 Å². The van der Waals surface area contributed by atoms with Crippen LogP contribution < -0.4 is 4.90 Å². The van der Waals surface area contributed by atoms with Gasteiger partial charge >= 0.3 is 5.97 Å². The van der Waals surface area contributed by atoms with Crippen LogP contribution in [-0.4, -0.2) is 30.1 Å². The van der Waals surface area contributed by atoms with E-state index in [1.165, 1.54) is 29.5 Å². The molecule has 1 aromatic heterocycles. The molecule has 1 fully saturated rings. The Morgan fingerprint density at radius 2 is 1.88 bits per heavy atom. The van der Waals surface area contributed by atoms with Crippen molar-refractivity contribution < 1.29 is 22.7 Å². The molecule has 0 spiro atoms. The molecule has 1 saturated heterocycles. The number of ether oxygens (including phenoxy) is 1. The number of benzene rings is 2. The van der Waals surface area contributed by atoms with Gasteiger partial charge in [0.1, 0.15) is 29.1 Å². The summed E-state index contributed by atoms with van der Waals surface area (Å²) in [6.07, 6.45) is -0.477. The molecule has 1 aliphatic heterocycles. The average molecular weight is 364 g/mol. The van der Waals surface area contributed by atoms with E-state index in [2.05, 4.69) is 4.98 Å². The molecule has 0 bridgehead atoms. The maximum atomic E-state index is 13.6. The van der Waals surface area contributed by atoms with E-state index in [1.807, 2.05) is 4.90 Å². The molecular weight excluding hydrogens is 353 g/mol. The number of carbonyl (C=O) groups excluding carboxylic acids is 1. The van der Waals surface area contributed by atoms with Gasteiger partial charge in [-0.25, -0.2) is 22.9 Å². The summed E-state index contributed by atoms with van der Waals surface area (Å²) in [6, 6.07) is 7.55. The molecule has 0 N–H and O–H groups in total. The van der Waals surface area contributed by atoms with Crippen LogP contribution in [0, 0.1) is 17.5 Å². The first-order chi connectivity index (χ1) is 12.0. The minimum Gasteiger partial charge on any atom is -0.455 e. The molecule has 0 amide bonds. The van der Waals surface area contributed by atoms with E-state index in [0.29, 0.717) is 23.7 Å². The van der Waals surface area contributed by atoms with E-state index < -0.39 is 29.3 Å². The van der Waals surface area contributed by atoms with Crippen molar-refractivity contribution in [3.05, 3.63) is 59.4 Å². The molecule has 3 aromatic rings. The number of hydrogen-bond acceptors (Lipinski definition) is 5. The van der Waals surface area contributed by atoms with Crippen molar-refractivity contribution in [2.24, 2.45) is 0 Å². The van der Waals surface area contributed by atoms with Crippen LogP contribution in [0.25, 0.3) is 10.2 Å². The van der Waals surface area contributed by atoms with Gasteiger partial charge < -0.3 is 9.64 Å². The third-order valence-corrected chi connectivity index (χ3v) is 4.98. The molecule has 0 aliphatic carbocycles. The maximum absolute atomic E-state index is 13.6. The van der Waals surface area contributed by atoms with Crippen LogP contribution in [0.3, 0.4) is 0 Å². The van der Waals surface area contributed by atoms with Crippen LogP contribution in [0.1, 0.15) is 10.4 Å². The third-order valence-electron chi connectivity index (χ3n) is 3.90. The summed E-state index contributed by atoms with van der Waals surface area (Å²) in [5.41, 5.74) is 0.00619. The first kappa shape index (κ1) is 15.9. The highest BCUT2D eigenvalue weighted by Crippen LogP contribution is 2.32. The Labute approximate surface area is 144 Å². The van der Waals surface area contributed by atoms with Gasteiger partial charge in [0.25, 0.3) is 0 Å². The number of aromatic nitrogens is 1. The zero-order valence-electron chi connectivity index (χ0n) is 12.7. The number of esters is 1. The molecule has 25 heavy (non-hydrogen) atoms. The molecular formula is C17H11F3N2O2S. The lowest BCUT2D eigenvalue weighted by Gasteiger charge is -2.38. The van der Waals surface area contributed by atoms with Crippen molar-refractivity contribution in [3.63, 3.8) is 0 Å². The highest BCUT2D eigenvalue weighted by atomic mass is 32.1. The normalized spacial score (nSPS) is 14.6. The van der Waals surface area contributed by atoms with Gasteiger partial charge in [-0.15, -0.1) is 0 Å². The molecule has 0 saturated carbocycles. The summed E-state index contributed by atoms with van der Waals surface area (Å²) >= 11 is 1.33. The summed E-state index contributed by atoms with van der Waals surface area (Å²) < 4.78 is 46.2. The van der Waals surface area contributed by atoms with E-state index >= 15 is 0 Å². The zero-order valence-corrected chi connectivity index (χ0v) is 13.5. The van der Waals surface area contributed by atoms with E-state index in [9.17, 15) is 18.0 Å². The summed E-state index contributed by atoms with van der Waals surface area (Å²) in [4.78, 5) is 18.2. The van der Waals surface area contributed by atoms with Crippen LogP contribution in [-0.2, 0) is 4.74 Å². The Morgan fingerprint density at radius 1 is 1.16 bits per heavy atom. The number of carbonyl (C=O) groups is 1. The Kier molecular flexibility index (Phi) is 3.84. The van der Waals surface area contributed by atoms with Crippen molar-refractivity contribution in [1.29, 1.82) is 0 Å². The molecule has 2 aromatic carbocycles. The maximum Gasteiger partial charge on any atom is 0.344 e. The van der Waals surface area contributed by atoms with Crippen molar-refractivity contribution in [2.45, 2.75) is 6.10 Å². The number of thiazole rings is 1. The Hall–Kier alpha value is -2.61. The van der Waals surface area contributed by atoms with Gasteiger partial charge in [0, 0.05) is 0 Å². The van der Waals surface area contributed by atoms with Gasteiger partial charge in [-0.3, -0.25) is 0 Å². The minimum absolute atomic E-state index is 0.329. The van der Waals surface area contributed by atoms with Crippen LogP contribution in [0.4, 0.5) is 18.3 Å². The third kappa shape index (κ3) is 2.93. The highest BCUT2D eigenvalue weighted by Gasteiger charge is 2.33. The van der Waals surface area contributed by atoms with Gasteiger partial charge in [-0.2, -0.15) is 0 Å². The Morgan fingerprint density at radius 3 is 2.60 bits per heavy atom. The average Bonchev–Trinajstić information content (AvgIpc) is 2.92. The lowest BCUT2D eigenvalue weighted by molar-refractivity contribution is 0.0224. The van der Waals surface area contributed by atoms with Crippen LogP contribution in [0.2, 0.25) is 0 Å². The van der Waals surface area contributed by atoms with Gasteiger partial charge in [-0.05, 0) is 30.3 Å². The monoisotopic (exact) mass is 364 g/mol. The zero-order chi connectivity index (χ0) is 17.6. The standard InChI is InChI=1S/C17H11F3N2O2S/c18-9-4-5-13-14(6-9)25-17(21-13)22-7-10(8-22)24-16(23)15-11(19)2-1-3-12(15)20/h1-6,10H,7-8H2. The number of hydrogen-bond donors (Lipinski definition) is 0. The van der Waals surface area contributed by atoms with Crippen LogP contribution in [0.15, 0.2) is 36.4 Å². The number of nitrogens with zero attached hydrogens (tertiary/aromatic N) is 2. The van der Waals surface area contributed by atoms with Crippen molar-refractivity contribution >= 4 is 32.7 Å². The summed E-state index contributed by atoms with van der Waals surface area (Å²) in [5, 5.41) is 0.685. The molecule has 0 atom stereocenters. The predicted octanol–water partition coefficient (Wildman–Crippen LogP) is 3.76. The van der Waals surface area contributed by atoms with Crippen molar-refractivity contribution in [2.75, 3.05) is 18.0 Å². The molecule has 2 heterocycles. The largest absolute Gasteiger partial charge is 0.455 e. The SMILES string of the molecule is O=C(OC1CN(c2nc3ccc(F)cc3s2)C1)c1c(F)cccc1F.